The number of hydrogen-bond acceptors (Lipinski definition) is 3. The Morgan fingerprint density at radius 1 is 1.25 bits per heavy atom. The first-order valence-corrected chi connectivity index (χ1v) is 7.21. The van der Waals surface area contributed by atoms with Crippen LogP contribution in [0.2, 0.25) is 0 Å². The van der Waals surface area contributed by atoms with Gasteiger partial charge in [0.2, 0.25) is 0 Å². The molecule has 0 fully saturated rings. The molecule has 2 heterocycles. The molecule has 3 nitrogen and oxygen atoms in total. The van der Waals surface area contributed by atoms with Gasteiger partial charge in [-0.1, -0.05) is 24.3 Å². The first-order valence-electron chi connectivity index (χ1n) is 7.21. The Kier molecular flexibility index (Phi) is 3.70. The van der Waals surface area contributed by atoms with Crippen molar-refractivity contribution in [2.45, 2.75) is 33.0 Å². The molecule has 1 unspecified atom stereocenters. The number of rotatable bonds is 2. The van der Waals surface area contributed by atoms with Gasteiger partial charge < -0.3 is 10.2 Å². The molecule has 3 rings (SSSR count). The van der Waals surface area contributed by atoms with E-state index in [0.29, 0.717) is 6.04 Å². The topological polar surface area (TPSA) is 28.2 Å². The van der Waals surface area contributed by atoms with E-state index in [9.17, 15) is 0 Å². The lowest BCUT2D eigenvalue weighted by molar-refractivity contribution is 0.552. The monoisotopic (exact) mass is 267 g/mol. The van der Waals surface area contributed by atoms with Crippen molar-refractivity contribution in [2.75, 3.05) is 11.4 Å². The summed E-state index contributed by atoms with van der Waals surface area (Å²) in [6.45, 7) is 7.21. The van der Waals surface area contributed by atoms with E-state index in [-0.39, 0.29) is 0 Å². The van der Waals surface area contributed by atoms with Crippen LogP contribution in [0.25, 0.3) is 0 Å². The minimum atomic E-state index is 0.486. The Balaban J connectivity index is 1.93. The number of pyridine rings is 1. The summed E-state index contributed by atoms with van der Waals surface area (Å²) in [5.41, 5.74) is 5.14. The van der Waals surface area contributed by atoms with Gasteiger partial charge in [-0.05, 0) is 37.1 Å². The molecule has 1 atom stereocenters. The second-order valence-electron chi connectivity index (χ2n) is 5.54. The first kappa shape index (κ1) is 13.1. The van der Waals surface area contributed by atoms with Crippen molar-refractivity contribution in [1.82, 2.24) is 10.3 Å². The standard InChI is InChI=1S/C17H21N3/c1-13-11-20(12-16-7-5-9-18-14(16)2)17-8-4-3-6-15(17)10-19-13/h3-9,13,19H,10-12H2,1-2H3. The van der Waals surface area contributed by atoms with Crippen LogP contribution < -0.4 is 10.2 Å². The van der Waals surface area contributed by atoms with E-state index in [1.54, 1.807) is 0 Å². The Bertz CT molecular complexity index is 594. The van der Waals surface area contributed by atoms with Crippen molar-refractivity contribution in [2.24, 2.45) is 0 Å². The molecule has 1 N–H and O–H groups in total. The first-order chi connectivity index (χ1) is 9.74. The Morgan fingerprint density at radius 2 is 2.10 bits per heavy atom. The molecule has 20 heavy (non-hydrogen) atoms. The van der Waals surface area contributed by atoms with Crippen LogP contribution >= 0.6 is 0 Å². The molecule has 0 amide bonds. The fraction of sp³-hybridized carbons (Fsp3) is 0.353. The fourth-order valence-electron chi connectivity index (χ4n) is 2.79. The van der Waals surface area contributed by atoms with Gasteiger partial charge in [0.15, 0.2) is 0 Å². The maximum absolute atomic E-state index is 4.40. The number of nitrogens with one attached hydrogen (secondary N) is 1. The second-order valence-corrected chi connectivity index (χ2v) is 5.54. The Morgan fingerprint density at radius 3 is 2.95 bits per heavy atom. The van der Waals surface area contributed by atoms with Gasteiger partial charge in [0.1, 0.15) is 0 Å². The van der Waals surface area contributed by atoms with Gasteiger partial charge in [0, 0.05) is 43.3 Å². The van der Waals surface area contributed by atoms with E-state index in [1.807, 2.05) is 12.3 Å². The second kappa shape index (κ2) is 5.63. The van der Waals surface area contributed by atoms with Crippen LogP contribution in [0.3, 0.4) is 0 Å². The van der Waals surface area contributed by atoms with Crippen molar-refractivity contribution < 1.29 is 0 Å². The van der Waals surface area contributed by atoms with E-state index in [0.717, 1.165) is 25.3 Å². The van der Waals surface area contributed by atoms with Gasteiger partial charge in [-0.25, -0.2) is 0 Å². The largest absolute Gasteiger partial charge is 0.365 e. The zero-order valence-corrected chi connectivity index (χ0v) is 12.1. The van der Waals surface area contributed by atoms with Crippen molar-refractivity contribution in [1.29, 1.82) is 0 Å². The molecular formula is C17H21N3. The third kappa shape index (κ3) is 2.68. The van der Waals surface area contributed by atoms with Crippen LogP contribution in [0.1, 0.15) is 23.7 Å². The minimum Gasteiger partial charge on any atom is -0.365 e. The molecular weight excluding hydrogens is 246 g/mol. The van der Waals surface area contributed by atoms with Gasteiger partial charge in [-0.2, -0.15) is 0 Å². The third-order valence-corrected chi connectivity index (χ3v) is 3.95. The van der Waals surface area contributed by atoms with Crippen LogP contribution in [-0.4, -0.2) is 17.6 Å². The summed E-state index contributed by atoms with van der Waals surface area (Å²) >= 11 is 0. The van der Waals surface area contributed by atoms with E-state index >= 15 is 0 Å². The normalized spacial score (nSPS) is 18.5. The summed E-state index contributed by atoms with van der Waals surface area (Å²) in [6.07, 6.45) is 1.86. The highest BCUT2D eigenvalue weighted by Gasteiger charge is 2.19. The average molecular weight is 267 g/mol. The highest BCUT2D eigenvalue weighted by atomic mass is 15.2. The number of anilines is 1. The van der Waals surface area contributed by atoms with E-state index in [1.165, 1.54) is 16.8 Å². The van der Waals surface area contributed by atoms with Crippen molar-refractivity contribution in [3.05, 3.63) is 59.4 Å². The van der Waals surface area contributed by atoms with Crippen LogP contribution in [0.5, 0.6) is 0 Å². The number of para-hydroxylation sites is 1. The molecule has 1 aliphatic rings. The quantitative estimate of drug-likeness (QED) is 0.907. The van der Waals surface area contributed by atoms with Gasteiger partial charge in [-0.3, -0.25) is 4.98 Å². The maximum atomic E-state index is 4.40. The summed E-state index contributed by atoms with van der Waals surface area (Å²) in [7, 11) is 0. The fourth-order valence-corrected chi connectivity index (χ4v) is 2.79. The molecule has 1 aromatic heterocycles. The molecule has 1 aliphatic heterocycles. The number of aromatic nitrogens is 1. The lowest BCUT2D eigenvalue weighted by Gasteiger charge is -2.27. The molecule has 2 aromatic rings. The average Bonchev–Trinajstić information content (AvgIpc) is 2.62. The summed E-state index contributed by atoms with van der Waals surface area (Å²) in [6, 6.07) is 13.4. The smallest absolute Gasteiger partial charge is 0.0448 e. The van der Waals surface area contributed by atoms with Crippen molar-refractivity contribution >= 4 is 5.69 Å². The molecule has 0 saturated carbocycles. The molecule has 0 aliphatic carbocycles. The zero-order chi connectivity index (χ0) is 13.9. The lowest BCUT2D eigenvalue weighted by Crippen LogP contribution is -2.35. The van der Waals surface area contributed by atoms with Crippen LogP contribution in [0.4, 0.5) is 5.69 Å². The Hall–Kier alpha value is -1.87. The summed E-state index contributed by atoms with van der Waals surface area (Å²) < 4.78 is 0. The number of fused-ring (bicyclic) bond motifs is 1. The van der Waals surface area contributed by atoms with E-state index in [4.69, 9.17) is 0 Å². The predicted octanol–water partition coefficient (Wildman–Crippen LogP) is 2.89. The highest BCUT2D eigenvalue weighted by molar-refractivity contribution is 5.55. The Labute approximate surface area is 120 Å². The maximum Gasteiger partial charge on any atom is 0.0448 e. The minimum absolute atomic E-state index is 0.486. The molecule has 104 valence electrons. The summed E-state index contributed by atoms with van der Waals surface area (Å²) in [5, 5.41) is 3.57. The van der Waals surface area contributed by atoms with Crippen molar-refractivity contribution in [3.8, 4) is 0 Å². The van der Waals surface area contributed by atoms with Gasteiger partial charge in [0.25, 0.3) is 0 Å². The molecule has 0 bridgehead atoms. The number of benzene rings is 1. The van der Waals surface area contributed by atoms with E-state index < -0.39 is 0 Å². The lowest BCUT2D eigenvalue weighted by atomic mass is 10.1. The zero-order valence-electron chi connectivity index (χ0n) is 12.1. The molecule has 0 saturated heterocycles. The summed E-state index contributed by atoms with van der Waals surface area (Å²) in [4.78, 5) is 6.86. The van der Waals surface area contributed by atoms with Gasteiger partial charge >= 0.3 is 0 Å². The van der Waals surface area contributed by atoms with Gasteiger partial charge in [-0.15, -0.1) is 0 Å². The van der Waals surface area contributed by atoms with Crippen LogP contribution in [0.15, 0.2) is 42.6 Å². The van der Waals surface area contributed by atoms with Crippen molar-refractivity contribution in [3.63, 3.8) is 0 Å². The highest BCUT2D eigenvalue weighted by Crippen LogP contribution is 2.25. The van der Waals surface area contributed by atoms with Gasteiger partial charge in [0.05, 0.1) is 0 Å². The molecule has 0 radical (unpaired) electrons. The molecule has 3 heteroatoms. The van der Waals surface area contributed by atoms with Crippen LogP contribution in [-0.2, 0) is 13.1 Å². The predicted molar refractivity (Wildman–Crippen MR) is 82.8 cm³/mol. The third-order valence-electron chi connectivity index (χ3n) is 3.95. The van der Waals surface area contributed by atoms with Crippen LogP contribution in [0, 0.1) is 6.92 Å². The number of nitrogens with zero attached hydrogens (tertiary/aromatic N) is 2. The number of hydrogen-bond donors (Lipinski definition) is 1. The summed E-state index contributed by atoms with van der Waals surface area (Å²) in [5.74, 6) is 0. The number of aryl methyl sites for hydroxylation is 1. The SMILES string of the molecule is Cc1ncccc1CN1CC(C)NCc2ccccc21. The molecule has 1 aromatic carbocycles. The molecule has 0 spiro atoms. The van der Waals surface area contributed by atoms with E-state index in [2.05, 4.69) is 59.4 Å².